The molecule has 2 aromatic rings. The van der Waals surface area contributed by atoms with Crippen LogP contribution in [0.25, 0.3) is 0 Å². The summed E-state index contributed by atoms with van der Waals surface area (Å²) in [7, 11) is 0. The zero-order valence-electron chi connectivity index (χ0n) is 21.8. The van der Waals surface area contributed by atoms with E-state index in [1.807, 2.05) is 24.3 Å². The highest BCUT2D eigenvalue weighted by Crippen LogP contribution is 2.62. The van der Waals surface area contributed by atoms with E-state index in [-0.39, 0.29) is 11.3 Å². The molecule has 1 aromatic heterocycles. The SMILES string of the molecule is CC(C)C1=CC2=CC[C@@H]3[C@](C)(CCC[C@@]3(C)C(=O)Nc3cc(Nc4ccc(Cl)cc4)ncn3)[C@H]2CC1. The third-order valence-corrected chi connectivity index (χ3v) is 9.38. The van der Waals surface area contributed by atoms with E-state index < -0.39 is 5.41 Å². The summed E-state index contributed by atoms with van der Waals surface area (Å²) in [4.78, 5) is 22.5. The lowest BCUT2D eigenvalue weighted by molar-refractivity contribution is -0.138. The van der Waals surface area contributed by atoms with Crippen LogP contribution in [-0.4, -0.2) is 15.9 Å². The molecule has 190 valence electrons. The molecule has 1 heterocycles. The number of amides is 1. The Morgan fingerprint density at radius 3 is 2.61 bits per heavy atom. The van der Waals surface area contributed by atoms with Crippen LogP contribution in [-0.2, 0) is 4.79 Å². The van der Waals surface area contributed by atoms with Crippen molar-refractivity contribution in [1.29, 1.82) is 0 Å². The second-order valence-electron chi connectivity index (χ2n) is 11.6. The number of carbonyl (C=O) groups excluding carboxylic acids is 1. The molecule has 3 aliphatic carbocycles. The van der Waals surface area contributed by atoms with Gasteiger partial charge >= 0.3 is 0 Å². The predicted octanol–water partition coefficient (Wildman–Crippen LogP) is 7.95. The molecule has 5 nitrogen and oxygen atoms in total. The van der Waals surface area contributed by atoms with E-state index in [0.717, 1.165) is 24.9 Å². The van der Waals surface area contributed by atoms with Crippen molar-refractivity contribution >= 4 is 34.8 Å². The molecule has 36 heavy (non-hydrogen) atoms. The summed E-state index contributed by atoms with van der Waals surface area (Å²) in [6, 6.07) is 9.22. The summed E-state index contributed by atoms with van der Waals surface area (Å²) in [5.74, 6) is 2.68. The van der Waals surface area contributed by atoms with Crippen molar-refractivity contribution in [3.05, 3.63) is 65.0 Å². The normalized spacial score (nSPS) is 29.5. The summed E-state index contributed by atoms with van der Waals surface area (Å²) >= 11 is 5.99. The van der Waals surface area contributed by atoms with Gasteiger partial charge in [0.25, 0.3) is 0 Å². The van der Waals surface area contributed by atoms with Crippen molar-refractivity contribution in [2.75, 3.05) is 10.6 Å². The van der Waals surface area contributed by atoms with E-state index in [4.69, 9.17) is 11.6 Å². The molecule has 2 N–H and O–H groups in total. The number of carbonyl (C=O) groups is 1. The van der Waals surface area contributed by atoms with Gasteiger partial charge in [0.05, 0.1) is 5.41 Å². The Morgan fingerprint density at radius 1 is 1.11 bits per heavy atom. The molecular weight excluding hydrogens is 468 g/mol. The zero-order valence-corrected chi connectivity index (χ0v) is 22.5. The lowest BCUT2D eigenvalue weighted by Crippen LogP contribution is -2.54. The molecule has 1 fully saturated rings. The molecule has 0 aliphatic heterocycles. The number of anilines is 3. The molecule has 3 aliphatic rings. The van der Waals surface area contributed by atoms with Gasteiger partial charge in [0.1, 0.15) is 18.0 Å². The smallest absolute Gasteiger partial charge is 0.231 e. The van der Waals surface area contributed by atoms with Crippen LogP contribution in [0.5, 0.6) is 0 Å². The number of halogens is 1. The van der Waals surface area contributed by atoms with E-state index in [1.165, 1.54) is 31.2 Å². The van der Waals surface area contributed by atoms with Gasteiger partial charge < -0.3 is 10.6 Å². The van der Waals surface area contributed by atoms with E-state index in [2.05, 4.69) is 60.4 Å². The van der Waals surface area contributed by atoms with E-state index in [0.29, 0.717) is 34.4 Å². The number of nitrogens with one attached hydrogen (secondary N) is 2. The summed E-state index contributed by atoms with van der Waals surface area (Å²) in [5.41, 5.74) is 3.66. The first-order chi connectivity index (χ1) is 17.2. The number of aromatic nitrogens is 2. The first-order valence-electron chi connectivity index (χ1n) is 13.3. The highest BCUT2D eigenvalue weighted by Gasteiger charge is 2.57. The average molecular weight is 505 g/mol. The van der Waals surface area contributed by atoms with Gasteiger partial charge in [-0.3, -0.25) is 4.79 Å². The van der Waals surface area contributed by atoms with Gasteiger partial charge in [-0.1, -0.05) is 63.4 Å². The van der Waals surface area contributed by atoms with Crippen LogP contribution in [0.15, 0.2) is 60.0 Å². The molecule has 0 unspecified atom stereocenters. The minimum Gasteiger partial charge on any atom is -0.340 e. The van der Waals surface area contributed by atoms with Crippen LogP contribution in [0.2, 0.25) is 5.02 Å². The molecule has 4 atom stereocenters. The third kappa shape index (κ3) is 4.58. The molecule has 0 spiro atoms. The van der Waals surface area contributed by atoms with Crippen LogP contribution in [0.4, 0.5) is 17.3 Å². The Bertz CT molecular complexity index is 1200. The number of hydrogen-bond acceptors (Lipinski definition) is 4. The van der Waals surface area contributed by atoms with Crippen LogP contribution in [0.3, 0.4) is 0 Å². The Balaban J connectivity index is 1.36. The van der Waals surface area contributed by atoms with E-state index in [9.17, 15) is 4.79 Å². The number of rotatable bonds is 5. The van der Waals surface area contributed by atoms with Crippen LogP contribution >= 0.6 is 11.6 Å². The van der Waals surface area contributed by atoms with Crippen molar-refractivity contribution in [3.8, 4) is 0 Å². The number of benzene rings is 1. The number of nitrogens with zero attached hydrogens (tertiary/aromatic N) is 2. The maximum atomic E-state index is 13.9. The third-order valence-electron chi connectivity index (χ3n) is 9.12. The summed E-state index contributed by atoms with van der Waals surface area (Å²) in [6.07, 6.45) is 12.9. The minimum atomic E-state index is -0.439. The molecule has 5 rings (SSSR count). The maximum Gasteiger partial charge on any atom is 0.231 e. The van der Waals surface area contributed by atoms with Crippen LogP contribution < -0.4 is 10.6 Å². The van der Waals surface area contributed by atoms with Gasteiger partial charge in [0.15, 0.2) is 0 Å². The zero-order chi connectivity index (χ0) is 25.5. The molecule has 6 heteroatoms. The van der Waals surface area contributed by atoms with Gasteiger partial charge in [-0.05, 0) is 85.1 Å². The van der Waals surface area contributed by atoms with Crippen molar-refractivity contribution in [3.63, 3.8) is 0 Å². The summed E-state index contributed by atoms with van der Waals surface area (Å²) in [5, 5.41) is 7.08. The highest BCUT2D eigenvalue weighted by atomic mass is 35.5. The van der Waals surface area contributed by atoms with Gasteiger partial charge in [0, 0.05) is 16.8 Å². The summed E-state index contributed by atoms with van der Waals surface area (Å²) < 4.78 is 0. The lowest BCUT2D eigenvalue weighted by Gasteiger charge is -2.57. The largest absolute Gasteiger partial charge is 0.340 e. The van der Waals surface area contributed by atoms with E-state index >= 15 is 0 Å². The maximum absolute atomic E-state index is 13.9. The first-order valence-corrected chi connectivity index (χ1v) is 13.6. The van der Waals surface area contributed by atoms with Crippen molar-refractivity contribution in [2.45, 2.75) is 66.2 Å². The number of hydrogen-bond donors (Lipinski definition) is 2. The fourth-order valence-electron chi connectivity index (χ4n) is 7.05. The Labute approximate surface area is 219 Å². The second-order valence-corrected chi connectivity index (χ2v) is 12.0. The molecule has 1 amide bonds. The molecule has 0 radical (unpaired) electrons. The first kappa shape index (κ1) is 25.0. The van der Waals surface area contributed by atoms with Crippen LogP contribution in [0, 0.1) is 28.6 Å². The van der Waals surface area contributed by atoms with Crippen molar-refractivity contribution in [1.82, 2.24) is 9.97 Å². The second kappa shape index (κ2) is 9.66. The fourth-order valence-corrected chi connectivity index (χ4v) is 7.18. The Hall–Kier alpha value is -2.66. The van der Waals surface area contributed by atoms with Gasteiger partial charge in [-0.25, -0.2) is 9.97 Å². The highest BCUT2D eigenvalue weighted by molar-refractivity contribution is 6.30. The number of fused-ring (bicyclic) bond motifs is 3. The molecule has 1 aromatic carbocycles. The monoisotopic (exact) mass is 504 g/mol. The number of allylic oxidation sites excluding steroid dienone is 4. The van der Waals surface area contributed by atoms with Gasteiger partial charge in [0.2, 0.25) is 5.91 Å². The van der Waals surface area contributed by atoms with E-state index in [1.54, 1.807) is 11.6 Å². The topological polar surface area (TPSA) is 66.9 Å². The fraction of sp³-hybridized carbons (Fsp3) is 0.500. The average Bonchev–Trinajstić information content (AvgIpc) is 2.85. The molecular formula is C30H37ClN4O. The molecule has 0 bridgehead atoms. The Morgan fingerprint density at radius 2 is 1.86 bits per heavy atom. The van der Waals surface area contributed by atoms with Gasteiger partial charge in [-0.2, -0.15) is 0 Å². The molecule has 1 saturated carbocycles. The predicted molar refractivity (Wildman–Crippen MR) is 147 cm³/mol. The standard InChI is InChI=1S/C30H37ClN4O/c1-19(2)20-6-12-24-21(16-20)7-13-25-29(24,3)14-5-15-30(25,4)28(36)35-27-17-26(32-18-33-27)34-23-10-8-22(31)9-11-23/h7-11,16-19,24-25H,5-6,12-15H2,1-4H3,(H2,32,33,34,35,36)/t24-,25+,29+,30+/m0/s1. The van der Waals surface area contributed by atoms with Crippen molar-refractivity contribution in [2.24, 2.45) is 28.6 Å². The minimum absolute atomic E-state index is 0.0700. The summed E-state index contributed by atoms with van der Waals surface area (Å²) in [6.45, 7) is 9.22. The lowest BCUT2D eigenvalue weighted by atomic mass is 9.46. The molecule has 0 saturated heterocycles. The van der Waals surface area contributed by atoms with Gasteiger partial charge in [-0.15, -0.1) is 0 Å². The Kier molecular flexibility index (Phi) is 6.71. The van der Waals surface area contributed by atoms with Crippen molar-refractivity contribution < 1.29 is 4.79 Å². The quantitative estimate of drug-likeness (QED) is 0.433. The van der Waals surface area contributed by atoms with Crippen LogP contribution in [0.1, 0.15) is 66.2 Å².